The van der Waals surface area contributed by atoms with E-state index >= 15 is 0 Å². The van der Waals surface area contributed by atoms with Crippen LogP contribution in [0.25, 0.3) is 11.2 Å². The van der Waals surface area contributed by atoms with E-state index in [2.05, 4.69) is 26.8 Å². The maximum Gasteiger partial charge on any atom is 0.189 e. The van der Waals surface area contributed by atoms with Gasteiger partial charge in [0.1, 0.15) is 23.7 Å². The van der Waals surface area contributed by atoms with Crippen molar-refractivity contribution in [3.05, 3.63) is 17.8 Å². The lowest BCUT2D eigenvalue weighted by Crippen LogP contribution is -2.20. The Morgan fingerprint density at radius 1 is 1.36 bits per heavy atom. The van der Waals surface area contributed by atoms with Gasteiger partial charge in [0.15, 0.2) is 11.5 Å². The molecule has 2 aromatic rings. The highest BCUT2D eigenvalue weighted by Crippen LogP contribution is 2.28. The van der Waals surface area contributed by atoms with E-state index < -0.39 is 5.60 Å². The first-order valence-electron chi connectivity index (χ1n) is 7.52. The zero-order chi connectivity index (χ0) is 15.7. The summed E-state index contributed by atoms with van der Waals surface area (Å²) in [5.74, 6) is 6.35. The molecule has 0 aliphatic carbocycles. The molecule has 6 nitrogen and oxygen atoms in total. The van der Waals surface area contributed by atoms with Gasteiger partial charge in [-0.1, -0.05) is 5.92 Å². The second-order valence-electron chi connectivity index (χ2n) is 6.07. The Hall–Kier alpha value is -1.97. The number of aryl methyl sites for hydroxylation is 1. The highest BCUT2D eigenvalue weighted by Gasteiger charge is 2.23. The number of hydrogen-bond donors (Lipinski definition) is 1. The van der Waals surface area contributed by atoms with Crippen LogP contribution in [0.4, 0.5) is 0 Å². The number of aromatic nitrogens is 4. The highest BCUT2D eigenvalue weighted by molar-refractivity contribution is 5.74. The third kappa shape index (κ3) is 2.96. The van der Waals surface area contributed by atoms with Crippen molar-refractivity contribution in [3.8, 4) is 11.8 Å². The van der Waals surface area contributed by atoms with Crippen molar-refractivity contribution >= 4 is 11.2 Å². The molecule has 3 rings (SSSR count). The first-order chi connectivity index (χ1) is 10.5. The van der Waals surface area contributed by atoms with Crippen LogP contribution in [0.15, 0.2) is 6.33 Å². The van der Waals surface area contributed by atoms with Crippen molar-refractivity contribution in [2.24, 2.45) is 0 Å². The second kappa shape index (κ2) is 5.67. The van der Waals surface area contributed by atoms with E-state index in [1.54, 1.807) is 13.8 Å². The van der Waals surface area contributed by atoms with Crippen molar-refractivity contribution in [3.63, 3.8) is 0 Å². The van der Waals surface area contributed by atoms with E-state index in [4.69, 9.17) is 4.74 Å². The fraction of sp³-hybridized carbons (Fsp3) is 0.562. The summed E-state index contributed by atoms with van der Waals surface area (Å²) < 4.78 is 7.81. The Morgan fingerprint density at radius 3 is 2.86 bits per heavy atom. The Kier molecular flexibility index (Phi) is 3.85. The molecule has 22 heavy (non-hydrogen) atoms. The Balaban J connectivity index is 2.16. The van der Waals surface area contributed by atoms with Gasteiger partial charge >= 0.3 is 0 Å². The van der Waals surface area contributed by atoms with Crippen LogP contribution in [0.1, 0.15) is 50.9 Å². The van der Waals surface area contributed by atoms with Crippen LogP contribution in [0.3, 0.4) is 0 Å². The molecule has 6 heteroatoms. The summed E-state index contributed by atoms with van der Waals surface area (Å²) >= 11 is 0. The van der Waals surface area contributed by atoms with Gasteiger partial charge in [-0.25, -0.2) is 15.0 Å². The lowest BCUT2D eigenvalue weighted by Gasteiger charge is -2.24. The van der Waals surface area contributed by atoms with Gasteiger partial charge in [0.2, 0.25) is 0 Å². The summed E-state index contributed by atoms with van der Waals surface area (Å²) in [6.45, 7) is 5.92. The smallest absolute Gasteiger partial charge is 0.189 e. The highest BCUT2D eigenvalue weighted by atomic mass is 16.5. The van der Waals surface area contributed by atoms with Gasteiger partial charge in [0.25, 0.3) is 0 Å². The van der Waals surface area contributed by atoms with Crippen LogP contribution in [0, 0.1) is 18.8 Å². The van der Waals surface area contributed by atoms with Crippen molar-refractivity contribution < 1.29 is 9.84 Å². The van der Waals surface area contributed by atoms with E-state index in [0.717, 1.165) is 42.7 Å². The normalized spacial score (nSPS) is 19.0. The molecule has 116 valence electrons. The molecule has 0 saturated carbocycles. The van der Waals surface area contributed by atoms with Crippen molar-refractivity contribution in [2.45, 2.75) is 51.9 Å². The van der Waals surface area contributed by atoms with Gasteiger partial charge in [-0.2, -0.15) is 0 Å². The number of rotatable bonds is 1. The fourth-order valence-electron chi connectivity index (χ4n) is 2.52. The van der Waals surface area contributed by atoms with Crippen molar-refractivity contribution in [1.29, 1.82) is 0 Å². The molecular formula is C16H20N4O2. The number of fused-ring (bicyclic) bond motifs is 1. The number of aliphatic hydroxyl groups is 1. The van der Waals surface area contributed by atoms with Gasteiger partial charge < -0.3 is 9.84 Å². The SMILES string of the molecule is Cc1ncnc2c1nc(C#CC(C)(C)O)n2C1CCCCO1. The quantitative estimate of drug-likeness (QED) is 0.815. The van der Waals surface area contributed by atoms with Gasteiger partial charge in [0, 0.05) is 6.61 Å². The molecule has 0 aromatic carbocycles. The molecule has 1 unspecified atom stereocenters. The molecule has 1 aliphatic heterocycles. The van der Waals surface area contributed by atoms with Crippen LogP contribution in [-0.4, -0.2) is 36.8 Å². The lowest BCUT2D eigenvalue weighted by molar-refractivity contribution is -0.0302. The standard InChI is InChI=1S/C16H20N4O2/c1-11-14-15(18-10-17-11)20(13-6-4-5-9-22-13)12(19-14)7-8-16(2,3)21/h10,13,21H,4-6,9H2,1-3H3. The lowest BCUT2D eigenvalue weighted by atomic mass is 10.1. The summed E-state index contributed by atoms with van der Waals surface area (Å²) in [6, 6.07) is 0. The predicted octanol–water partition coefficient (Wildman–Crippen LogP) is 1.96. The maximum absolute atomic E-state index is 9.84. The maximum atomic E-state index is 9.84. The molecule has 1 N–H and O–H groups in total. The van der Waals surface area contributed by atoms with Crippen LogP contribution >= 0.6 is 0 Å². The number of hydrogen-bond acceptors (Lipinski definition) is 5. The van der Waals surface area contributed by atoms with Crippen LogP contribution in [-0.2, 0) is 4.74 Å². The monoisotopic (exact) mass is 300 g/mol. The first kappa shape index (κ1) is 14.9. The predicted molar refractivity (Wildman–Crippen MR) is 82.1 cm³/mol. The summed E-state index contributed by atoms with van der Waals surface area (Å²) in [4.78, 5) is 13.1. The molecule has 0 radical (unpaired) electrons. The Labute approximate surface area is 129 Å². The van der Waals surface area contributed by atoms with Crippen molar-refractivity contribution in [1.82, 2.24) is 19.5 Å². The zero-order valence-electron chi connectivity index (χ0n) is 13.1. The van der Waals surface area contributed by atoms with Crippen molar-refractivity contribution in [2.75, 3.05) is 6.61 Å². The van der Waals surface area contributed by atoms with Gasteiger partial charge in [-0.15, -0.1) is 0 Å². The molecule has 1 saturated heterocycles. The summed E-state index contributed by atoms with van der Waals surface area (Å²) in [5, 5.41) is 9.84. The number of imidazole rings is 1. The van der Waals surface area contributed by atoms with E-state index in [1.807, 2.05) is 11.5 Å². The fourth-order valence-corrected chi connectivity index (χ4v) is 2.52. The topological polar surface area (TPSA) is 73.1 Å². The minimum absolute atomic E-state index is 0.112. The summed E-state index contributed by atoms with van der Waals surface area (Å²) in [6.07, 6.45) is 4.51. The number of ether oxygens (including phenoxy) is 1. The van der Waals surface area contributed by atoms with E-state index in [1.165, 1.54) is 6.33 Å². The average molecular weight is 300 g/mol. The average Bonchev–Trinajstić information content (AvgIpc) is 2.85. The molecule has 1 fully saturated rings. The molecule has 0 spiro atoms. The largest absolute Gasteiger partial charge is 0.378 e. The minimum Gasteiger partial charge on any atom is -0.378 e. The van der Waals surface area contributed by atoms with E-state index in [9.17, 15) is 5.11 Å². The minimum atomic E-state index is -1.07. The van der Waals surface area contributed by atoms with Crippen LogP contribution in [0.5, 0.6) is 0 Å². The Morgan fingerprint density at radius 2 is 2.18 bits per heavy atom. The van der Waals surface area contributed by atoms with Crippen LogP contribution in [0.2, 0.25) is 0 Å². The summed E-state index contributed by atoms with van der Waals surface area (Å²) in [5.41, 5.74) is 1.21. The van der Waals surface area contributed by atoms with Gasteiger partial charge in [0.05, 0.1) is 5.69 Å². The number of nitrogens with zero attached hydrogens (tertiary/aromatic N) is 4. The zero-order valence-corrected chi connectivity index (χ0v) is 13.1. The third-order valence-corrected chi connectivity index (χ3v) is 3.58. The molecule has 2 aromatic heterocycles. The van der Waals surface area contributed by atoms with Gasteiger partial charge in [-0.3, -0.25) is 4.57 Å². The molecule has 0 bridgehead atoms. The molecule has 1 atom stereocenters. The second-order valence-corrected chi connectivity index (χ2v) is 6.07. The molecule has 3 heterocycles. The summed E-state index contributed by atoms with van der Waals surface area (Å²) in [7, 11) is 0. The third-order valence-electron chi connectivity index (χ3n) is 3.58. The van der Waals surface area contributed by atoms with E-state index in [0.29, 0.717) is 5.82 Å². The Bertz CT molecular complexity index is 743. The van der Waals surface area contributed by atoms with E-state index in [-0.39, 0.29) is 6.23 Å². The molecule has 1 aliphatic rings. The molecule has 0 amide bonds. The first-order valence-corrected chi connectivity index (χ1v) is 7.52. The molecular weight excluding hydrogens is 280 g/mol. The van der Waals surface area contributed by atoms with Gasteiger partial charge in [-0.05, 0) is 46.0 Å². The van der Waals surface area contributed by atoms with Crippen LogP contribution < -0.4 is 0 Å².